The van der Waals surface area contributed by atoms with E-state index >= 15 is 0 Å². The molecule has 3 nitrogen and oxygen atoms in total. The minimum Gasteiger partial charge on any atom is -0.390 e. The van der Waals surface area contributed by atoms with Crippen LogP contribution in [0.3, 0.4) is 0 Å². The number of nitrogens with zero attached hydrogens (tertiary/aromatic N) is 1. The Bertz CT molecular complexity index is 331. The van der Waals surface area contributed by atoms with Gasteiger partial charge in [0.1, 0.15) is 0 Å². The summed E-state index contributed by atoms with van der Waals surface area (Å²) in [4.78, 5) is 2.39. The second kappa shape index (κ2) is 14.9. The van der Waals surface area contributed by atoms with Crippen molar-refractivity contribution >= 4 is 11.9 Å². The van der Waals surface area contributed by atoms with Gasteiger partial charge < -0.3 is 10.2 Å². The van der Waals surface area contributed by atoms with Gasteiger partial charge in [0.05, 0.1) is 0 Å². The molecule has 0 aromatic carbocycles. The van der Waals surface area contributed by atoms with Gasteiger partial charge in [-0.25, -0.2) is 0 Å². The molecule has 0 saturated carbocycles. The molecule has 1 saturated heterocycles. The highest BCUT2D eigenvalue weighted by atomic mass is 32.2. The van der Waals surface area contributed by atoms with Gasteiger partial charge >= 0.3 is 0 Å². The van der Waals surface area contributed by atoms with Crippen molar-refractivity contribution in [1.29, 1.82) is 0 Å². The summed E-state index contributed by atoms with van der Waals surface area (Å²) in [5.41, 5.74) is 1.24. The van der Waals surface area contributed by atoms with Crippen LogP contribution in [-0.4, -0.2) is 43.4 Å². The highest BCUT2D eigenvalue weighted by Gasteiger charge is 2.15. The third-order valence-electron chi connectivity index (χ3n) is 3.46. The Morgan fingerprint density at radius 3 is 2.41 bits per heavy atom. The molecule has 0 aromatic rings. The van der Waals surface area contributed by atoms with Crippen LogP contribution >= 0.6 is 11.9 Å². The van der Waals surface area contributed by atoms with E-state index in [1.165, 1.54) is 31.5 Å². The number of rotatable bonds is 9. The molecule has 126 valence electrons. The van der Waals surface area contributed by atoms with Crippen molar-refractivity contribution in [2.45, 2.75) is 32.2 Å². The first-order valence-electron chi connectivity index (χ1n) is 8.02. The lowest BCUT2D eigenvalue weighted by Gasteiger charge is -2.29. The number of hydrogen-bond donors (Lipinski definition) is 2. The van der Waals surface area contributed by atoms with E-state index in [9.17, 15) is 0 Å². The summed E-state index contributed by atoms with van der Waals surface area (Å²) in [7, 11) is 2.19. The quantitative estimate of drug-likeness (QED) is 0.384. The summed E-state index contributed by atoms with van der Waals surface area (Å²) in [6.07, 6.45) is 10.9. The Labute approximate surface area is 141 Å². The molecule has 0 aliphatic carbocycles. The molecule has 22 heavy (non-hydrogen) atoms. The first-order chi connectivity index (χ1) is 10.7. The zero-order valence-corrected chi connectivity index (χ0v) is 15.1. The average molecular weight is 324 g/mol. The molecule has 1 fully saturated rings. The molecular formula is C18H33N3S. The van der Waals surface area contributed by atoms with Gasteiger partial charge in [0.25, 0.3) is 0 Å². The van der Waals surface area contributed by atoms with Crippen LogP contribution in [0.5, 0.6) is 0 Å². The van der Waals surface area contributed by atoms with Crippen molar-refractivity contribution in [1.82, 2.24) is 14.9 Å². The van der Waals surface area contributed by atoms with Gasteiger partial charge in [0.2, 0.25) is 0 Å². The molecule has 1 aliphatic rings. The minimum absolute atomic E-state index is 0.708. The van der Waals surface area contributed by atoms with Gasteiger partial charge in [-0.3, -0.25) is 4.72 Å². The second-order valence-electron chi connectivity index (χ2n) is 5.24. The lowest BCUT2D eigenvalue weighted by Crippen LogP contribution is -2.38. The maximum absolute atomic E-state index is 3.63. The van der Waals surface area contributed by atoms with E-state index in [0.717, 1.165) is 18.7 Å². The van der Waals surface area contributed by atoms with Gasteiger partial charge in [-0.05, 0) is 51.2 Å². The highest BCUT2D eigenvalue weighted by Crippen LogP contribution is 2.10. The topological polar surface area (TPSA) is 27.3 Å². The third kappa shape index (κ3) is 11.7. The zero-order valence-electron chi connectivity index (χ0n) is 14.3. The van der Waals surface area contributed by atoms with Crippen molar-refractivity contribution < 1.29 is 0 Å². The van der Waals surface area contributed by atoms with Crippen LogP contribution in [0.4, 0.5) is 0 Å². The van der Waals surface area contributed by atoms with Crippen molar-refractivity contribution in [3.63, 3.8) is 0 Å². The maximum Gasteiger partial charge on any atom is 0.0252 e. The van der Waals surface area contributed by atoms with Gasteiger partial charge in [-0.15, -0.1) is 0 Å². The van der Waals surface area contributed by atoms with Crippen LogP contribution < -0.4 is 10.0 Å². The summed E-state index contributed by atoms with van der Waals surface area (Å²) in [6, 6.07) is 0.708. The molecule has 0 atom stereocenters. The molecule has 1 rings (SSSR count). The van der Waals surface area contributed by atoms with Crippen LogP contribution in [0.1, 0.15) is 26.2 Å². The largest absolute Gasteiger partial charge is 0.390 e. The van der Waals surface area contributed by atoms with Gasteiger partial charge in [-0.1, -0.05) is 56.8 Å². The van der Waals surface area contributed by atoms with Crippen LogP contribution in [0.25, 0.3) is 0 Å². The number of piperidine rings is 1. The van der Waals surface area contributed by atoms with E-state index in [1.54, 1.807) is 12.3 Å². The van der Waals surface area contributed by atoms with Crippen LogP contribution in [0.15, 0.2) is 49.7 Å². The predicted molar refractivity (Wildman–Crippen MR) is 103 cm³/mol. The molecular weight excluding hydrogens is 290 g/mol. The lowest BCUT2D eigenvalue weighted by molar-refractivity contribution is 0.250. The lowest BCUT2D eigenvalue weighted by atomic mass is 10.1. The van der Waals surface area contributed by atoms with Crippen molar-refractivity contribution in [3.05, 3.63) is 49.7 Å². The molecule has 4 heteroatoms. The van der Waals surface area contributed by atoms with Crippen LogP contribution in [0, 0.1) is 0 Å². The van der Waals surface area contributed by atoms with Gasteiger partial charge in [-0.2, -0.15) is 0 Å². The minimum atomic E-state index is 0.708. The average Bonchev–Trinajstić information content (AvgIpc) is 2.55. The van der Waals surface area contributed by atoms with Crippen LogP contribution in [-0.2, 0) is 0 Å². The second-order valence-corrected chi connectivity index (χ2v) is 6.17. The van der Waals surface area contributed by atoms with E-state index in [1.807, 2.05) is 24.1 Å². The Morgan fingerprint density at radius 2 is 1.95 bits per heavy atom. The van der Waals surface area contributed by atoms with Gasteiger partial charge in [0.15, 0.2) is 0 Å². The fraction of sp³-hybridized carbons (Fsp3) is 0.556. The van der Waals surface area contributed by atoms with Crippen molar-refractivity contribution in [2.24, 2.45) is 0 Å². The molecule has 0 spiro atoms. The van der Waals surface area contributed by atoms with Crippen LogP contribution in [0.2, 0.25) is 0 Å². The fourth-order valence-electron chi connectivity index (χ4n) is 2.00. The zero-order chi connectivity index (χ0) is 16.6. The van der Waals surface area contributed by atoms with E-state index in [4.69, 9.17) is 0 Å². The molecule has 1 heterocycles. The maximum atomic E-state index is 3.63. The summed E-state index contributed by atoms with van der Waals surface area (Å²) < 4.78 is 3.52. The highest BCUT2D eigenvalue weighted by molar-refractivity contribution is 7.97. The monoisotopic (exact) mass is 323 g/mol. The number of allylic oxidation sites excluding steroid dienone is 4. The molecule has 0 amide bonds. The molecule has 2 N–H and O–H groups in total. The predicted octanol–water partition coefficient (Wildman–Crippen LogP) is 3.75. The van der Waals surface area contributed by atoms with Crippen molar-refractivity contribution in [3.8, 4) is 0 Å². The molecule has 0 bridgehead atoms. The summed E-state index contributed by atoms with van der Waals surface area (Å²) in [5.74, 6) is 1.10. The Balaban J connectivity index is 0.000000472. The Kier molecular flexibility index (Phi) is 14.3. The first kappa shape index (κ1) is 21.0. The summed E-state index contributed by atoms with van der Waals surface area (Å²) >= 11 is 1.82. The summed E-state index contributed by atoms with van der Waals surface area (Å²) in [5, 5.41) is 3.09. The number of hydrogen-bond acceptors (Lipinski definition) is 4. The SMILES string of the molecule is C=C/C=C(\C=C)CC.C=CNCCSNC1CCN(C)CC1. The standard InChI is InChI=1S/C10H21N3S.C8H12/c1-3-11-6-9-14-12-10-4-7-13(2)8-5-10;1-4-7-8(5-2)6-3/h3,10-12H,1,4-9H2,2H3;4-5,7H,1-2,6H2,3H3/b;8-7+. The van der Waals surface area contributed by atoms with E-state index < -0.39 is 0 Å². The van der Waals surface area contributed by atoms with Crippen molar-refractivity contribution in [2.75, 3.05) is 32.4 Å². The first-order valence-corrected chi connectivity index (χ1v) is 9.00. The van der Waals surface area contributed by atoms with Gasteiger partial charge in [0, 0.05) is 18.3 Å². The Morgan fingerprint density at radius 1 is 1.27 bits per heavy atom. The van der Waals surface area contributed by atoms with E-state index in [-0.39, 0.29) is 0 Å². The normalized spacial score (nSPS) is 16.4. The third-order valence-corrected chi connectivity index (χ3v) is 4.37. The van der Waals surface area contributed by atoms with E-state index in [2.05, 4.69) is 48.6 Å². The molecule has 0 aromatic heterocycles. The molecule has 0 unspecified atom stereocenters. The summed E-state index contributed by atoms with van der Waals surface area (Å²) in [6.45, 7) is 16.4. The number of nitrogens with one attached hydrogen (secondary N) is 2. The smallest absolute Gasteiger partial charge is 0.0252 e. The van der Waals surface area contributed by atoms with E-state index in [0.29, 0.717) is 6.04 Å². The molecule has 0 radical (unpaired) electrons. The molecule has 1 aliphatic heterocycles. The fourth-order valence-corrected chi connectivity index (χ4v) is 2.81. The Hall–Kier alpha value is -0.970. The number of likely N-dealkylation sites (tertiary alicyclic amines) is 1.